The van der Waals surface area contributed by atoms with E-state index in [1.54, 1.807) is 48.5 Å². The number of hydrogen-bond acceptors (Lipinski definition) is 5. The summed E-state index contributed by atoms with van der Waals surface area (Å²) in [5, 5.41) is 19.7. The van der Waals surface area contributed by atoms with Crippen LogP contribution in [0.4, 0.5) is 11.4 Å². The van der Waals surface area contributed by atoms with Gasteiger partial charge in [0.25, 0.3) is 11.8 Å². The van der Waals surface area contributed by atoms with Crippen LogP contribution in [0.15, 0.2) is 84.4 Å². The van der Waals surface area contributed by atoms with Gasteiger partial charge in [-0.25, -0.2) is 0 Å². The Bertz CT molecular complexity index is 1110. The van der Waals surface area contributed by atoms with E-state index in [0.29, 0.717) is 11.4 Å². The highest BCUT2D eigenvalue weighted by Gasteiger charge is 2.41. The number of phenols is 2. The van der Waals surface area contributed by atoms with E-state index in [0.717, 1.165) is 6.07 Å². The third-order valence-corrected chi connectivity index (χ3v) is 4.96. The van der Waals surface area contributed by atoms with Crippen molar-refractivity contribution in [3.63, 3.8) is 0 Å². The number of amides is 2. The maximum Gasteiger partial charge on any atom is 0.270 e. The molecule has 148 valence electrons. The van der Waals surface area contributed by atoms with Crippen molar-refractivity contribution in [3.05, 3.63) is 90.0 Å². The van der Waals surface area contributed by atoms with E-state index in [2.05, 4.69) is 0 Å². The van der Waals surface area contributed by atoms with Gasteiger partial charge in [0.15, 0.2) is 5.11 Å². The molecule has 2 amide bonds. The number of carbonyl (C=O) groups excluding carboxylic acids is 2. The lowest BCUT2D eigenvalue weighted by Crippen LogP contribution is -2.56. The number of thiocarbonyl (C=S) groups is 1. The van der Waals surface area contributed by atoms with Gasteiger partial charge in [-0.05, 0) is 54.7 Å². The minimum absolute atomic E-state index is 0.0366. The molecular weight excluding hydrogens is 400 g/mol. The smallest absolute Gasteiger partial charge is 0.270 e. The average molecular weight is 416 g/mol. The van der Waals surface area contributed by atoms with Crippen molar-refractivity contribution in [2.75, 3.05) is 9.80 Å². The highest BCUT2D eigenvalue weighted by molar-refractivity contribution is 7.81. The minimum atomic E-state index is -0.601. The van der Waals surface area contributed by atoms with Crippen molar-refractivity contribution in [2.24, 2.45) is 0 Å². The molecule has 1 aliphatic rings. The molecule has 1 heterocycles. The number of para-hydroxylation sites is 2. The van der Waals surface area contributed by atoms with Gasteiger partial charge in [0, 0.05) is 11.6 Å². The minimum Gasteiger partial charge on any atom is -0.508 e. The number of nitrogens with zero attached hydrogens (tertiary/aromatic N) is 2. The Balaban J connectivity index is 1.88. The Hall–Kier alpha value is -3.97. The van der Waals surface area contributed by atoms with E-state index in [-0.39, 0.29) is 27.7 Å². The molecule has 0 bridgehead atoms. The summed E-state index contributed by atoms with van der Waals surface area (Å²) >= 11 is 5.53. The van der Waals surface area contributed by atoms with Crippen molar-refractivity contribution in [1.29, 1.82) is 0 Å². The number of anilines is 2. The third kappa shape index (κ3) is 3.42. The van der Waals surface area contributed by atoms with Crippen molar-refractivity contribution < 1.29 is 19.8 Å². The molecule has 0 aromatic heterocycles. The zero-order valence-corrected chi connectivity index (χ0v) is 16.4. The second kappa shape index (κ2) is 7.81. The second-order valence-electron chi connectivity index (χ2n) is 6.54. The maximum absolute atomic E-state index is 13.3. The predicted molar refractivity (Wildman–Crippen MR) is 118 cm³/mol. The molecule has 0 atom stereocenters. The van der Waals surface area contributed by atoms with Gasteiger partial charge < -0.3 is 10.2 Å². The van der Waals surface area contributed by atoms with E-state index in [1.165, 1.54) is 28.0 Å². The highest BCUT2D eigenvalue weighted by atomic mass is 32.1. The van der Waals surface area contributed by atoms with Crippen LogP contribution < -0.4 is 9.80 Å². The standard InChI is InChI=1S/C23H16N2O4S/c26-18-12-11-15(20(27)14-18)13-19-21(28)24(16-7-3-1-4-8-16)23(30)25(22(19)29)17-9-5-2-6-10-17/h1-14,26-27H. The lowest BCUT2D eigenvalue weighted by molar-refractivity contribution is -0.120. The van der Waals surface area contributed by atoms with Crippen LogP contribution in [0.5, 0.6) is 11.5 Å². The number of phenolic OH excluding ortho intramolecular Hbond substituents is 2. The number of benzene rings is 3. The maximum atomic E-state index is 13.3. The fourth-order valence-electron chi connectivity index (χ4n) is 3.15. The molecular formula is C23H16N2O4S. The number of hydrogen-bond donors (Lipinski definition) is 2. The van der Waals surface area contributed by atoms with E-state index >= 15 is 0 Å². The molecule has 3 aromatic carbocycles. The van der Waals surface area contributed by atoms with Gasteiger partial charge in [-0.1, -0.05) is 36.4 Å². The number of aromatic hydroxyl groups is 2. The normalized spacial score (nSPS) is 14.3. The summed E-state index contributed by atoms with van der Waals surface area (Å²) in [6, 6.07) is 21.5. The molecule has 1 aliphatic heterocycles. The largest absolute Gasteiger partial charge is 0.508 e. The van der Waals surface area contributed by atoms with Crippen molar-refractivity contribution in [3.8, 4) is 11.5 Å². The molecule has 3 aromatic rings. The predicted octanol–water partition coefficient (Wildman–Crippen LogP) is 3.85. The summed E-state index contributed by atoms with van der Waals surface area (Å²) < 4.78 is 0. The summed E-state index contributed by atoms with van der Waals surface area (Å²) in [5.41, 5.74) is 1.08. The van der Waals surface area contributed by atoms with E-state index in [1.807, 2.05) is 12.1 Å². The van der Waals surface area contributed by atoms with Crippen LogP contribution in [-0.4, -0.2) is 27.1 Å². The summed E-state index contributed by atoms with van der Waals surface area (Å²) in [6.07, 6.45) is 1.30. The van der Waals surface area contributed by atoms with Crippen LogP contribution in [-0.2, 0) is 9.59 Å². The fraction of sp³-hybridized carbons (Fsp3) is 0. The van der Waals surface area contributed by atoms with Gasteiger partial charge in [-0.15, -0.1) is 0 Å². The lowest BCUT2D eigenvalue weighted by Gasteiger charge is -2.36. The number of carbonyl (C=O) groups is 2. The molecule has 0 saturated carbocycles. The monoisotopic (exact) mass is 416 g/mol. The number of rotatable bonds is 3. The van der Waals surface area contributed by atoms with E-state index in [9.17, 15) is 19.8 Å². The summed E-state index contributed by atoms with van der Waals surface area (Å²) in [7, 11) is 0. The molecule has 2 N–H and O–H groups in total. The van der Waals surface area contributed by atoms with Gasteiger partial charge in [0.2, 0.25) is 0 Å². The molecule has 1 saturated heterocycles. The lowest BCUT2D eigenvalue weighted by atomic mass is 10.0. The van der Waals surface area contributed by atoms with Gasteiger partial charge in [0.1, 0.15) is 17.1 Å². The summed E-state index contributed by atoms with van der Waals surface area (Å²) in [5.74, 6) is -1.59. The Morgan fingerprint density at radius 2 is 1.23 bits per heavy atom. The quantitative estimate of drug-likeness (QED) is 0.385. The van der Waals surface area contributed by atoms with Gasteiger partial charge in [-0.3, -0.25) is 19.4 Å². The van der Waals surface area contributed by atoms with Crippen LogP contribution in [0, 0.1) is 0 Å². The zero-order valence-electron chi connectivity index (χ0n) is 15.6. The highest BCUT2D eigenvalue weighted by Crippen LogP contribution is 2.31. The van der Waals surface area contributed by atoms with Crippen LogP contribution in [0.3, 0.4) is 0 Å². The van der Waals surface area contributed by atoms with E-state index in [4.69, 9.17) is 12.2 Å². The molecule has 4 rings (SSSR count). The molecule has 7 heteroatoms. The first-order valence-corrected chi connectivity index (χ1v) is 9.45. The van der Waals surface area contributed by atoms with Crippen LogP contribution in [0.2, 0.25) is 0 Å². The molecule has 1 fully saturated rings. The van der Waals surface area contributed by atoms with Crippen LogP contribution in [0.25, 0.3) is 6.08 Å². The first-order chi connectivity index (χ1) is 14.5. The van der Waals surface area contributed by atoms with Gasteiger partial charge >= 0.3 is 0 Å². The molecule has 6 nitrogen and oxygen atoms in total. The van der Waals surface area contributed by atoms with Crippen molar-refractivity contribution in [2.45, 2.75) is 0 Å². The Morgan fingerprint density at radius 3 is 1.70 bits per heavy atom. The topological polar surface area (TPSA) is 81.1 Å². The van der Waals surface area contributed by atoms with Crippen LogP contribution in [0.1, 0.15) is 5.56 Å². The second-order valence-corrected chi connectivity index (χ2v) is 6.90. The average Bonchev–Trinajstić information content (AvgIpc) is 2.74. The molecule has 0 aliphatic carbocycles. The van der Waals surface area contributed by atoms with E-state index < -0.39 is 11.8 Å². The third-order valence-electron chi connectivity index (χ3n) is 4.59. The first kappa shape index (κ1) is 19.4. The van der Waals surface area contributed by atoms with Gasteiger partial charge in [-0.2, -0.15) is 0 Å². The van der Waals surface area contributed by atoms with Crippen molar-refractivity contribution in [1.82, 2.24) is 0 Å². The molecule has 0 unspecified atom stereocenters. The summed E-state index contributed by atoms with van der Waals surface area (Å²) in [6.45, 7) is 0. The Morgan fingerprint density at radius 1 is 0.733 bits per heavy atom. The van der Waals surface area contributed by atoms with Gasteiger partial charge in [0.05, 0.1) is 11.4 Å². The molecule has 0 spiro atoms. The first-order valence-electron chi connectivity index (χ1n) is 9.04. The molecule has 0 radical (unpaired) electrons. The Kier molecular flexibility index (Phi) is 5.04. The summed E-state index contributed by atoms with van der Waals surface area (Å²) in [4.78, 5) is 29.2. The fourth-order valence-corrected chi connectivity index (χ4v) is 3.53. The zero-order chi connectivity index (χ0) is 21.3. The van der Waals surface area contributed by atoms with Crippen molar-refractivity contribution >= 4 is 46.6 Å². The SMILES string of the molecule is O=C1C(=Cc2ccc(O)cc2O)C(=O)N(c2ccccc2)C(=S)N1c1ccccc1. The molecule has 30 heavy (non-hydrogen) atoms. The Labute approximate surface area is 177 Å². The van der Waals surface area contributed by atoms with Crippen LogP contribution >= 0.6 is 12.2 Å².